The molecule has 1 aliphatic carbocycles. The quantitative estimate of drug-likeness (QED) is 0.798. The van der Waals surface area contributed by atoms with Gasteiger partial charge in [0.05, 0.1) is 13.1 Å². The molecule has 0 radical (unpaired) electrons. The number of carboxylic acids is 1. The molecule has 96 valence electrons. The first kappa shape index (κ1) is 12.8. The number of aryl methyl sites for hydroxylation is 2. The third-order valence-electron chi connectivity index (χ3n) is 3.24. The number of Topliss-reactive ketones (excluding diaryl/α,β-unsaturated/α-hetero) is 1. The van der Waals surface area contributed by atoms with Crippen LogP contribution in [0.2, 0.25) is 0 Å². The molecule has 0 atom stereocenters. The van der Waals surface area contributed by atoms with Crippen LogP contribution in [0.1, 0.15) is 27.9 Å². The summed E-state index contributed by atoms with van der Waals surface area (Å²) in [7, 11) is 1.64. The van der Waals surface area contributed by atoms with Crippen LogP contribution in [-0.4, -0.2) is 41.9 Å². The predicted molar refractivity (Wildman–Crippen MR) is 67.9 cm³/mol. The number of hydrogen-bond acceptors (Lipinski definition) is 3. The van der Waals surface area contributed by atoms with Crippen LogP contribution in [0.3, 0.4) is 0 Å². The SMILES string of the molecule is CN(CC(=O)O)CC(=O)c1ccc2c(c1)CCC2. The van der Waals surface area contributed by atoms with Crippen molar-refractivity contribution >= 4 is 11.8 Å². The minimum Gasteiger partial charge on any atom is -0.480 e. The molecule has 0 aliphatic heterocycles. The summed E-state index contributed by atoms with van der Waals surface area (Å²) >= 11 is 0. The van der Waals surface area contributed by atoms with Crippen molar-refractivity contribution in [2.24, 2.45) is 0 Å². The van der Waals surface area contributed by atoms with Gasteiger partial charge in [0.1, 0.15) is 0 Å². The fourth-order valence-electron chi connectivity index (χ4n) is 2.37. The molecule has 0 bridgehead atoms. The van der Waals surface area contributed by atoms with Gasteiger partial charge in [-0.05, 0) is 43.5 Å². The van der Waals surface area contributed by atoms with E-state index in [1.165, 1.54) is 16.0 Å². The fourth-order valence-corrected chi connectivity index (χ4v) is 2.37. The van der Waals surface area contributed by atoms with Crippen molar-refractivity contribution in [1.29, 1.82) is 0 Å². The van der Waals surface area contributed by atoms with Crippen LogP contribution in [0.5, 0.6) is 0 Å². The summed E-state index contributed by atoms with van der Waals surface area (Å²) in [6.45, 7) is 0.0295. The topological polar surface area (TPSA) is 57.6 Å². The first-order valence-corrected chi connectivity index (χ1v) is 6.11. The lowest BCUT2D eigenvalue weighted by atomic mass is 10.0. The van der Waals surface area contributed by atoms with Crippen LogP contribution in [0, 0.1) is 0 Å². The van der Waals surface area contributed by atoms with Crippen LogP contribution in [0.15, 0.2) is 18.2 Å². The number of aliphatic carboxylic acids is 1. The van der Waals surface area contributed by atoms with Crippen molar-refractivity contribution in [1.82, 2.24) is 4.90 Å². The van der Waals surface area contributed by atoms with E-state index in [2.05, 4.69) is 0 Å². The van der Waals surface area contributed by atoms with Crippen molar-refractivity contribution in [3.8, 4) is 0 Å². The molecular formula is C14H17NO3. The number of carboxylic acid groups (broad SMARTS) is 1. The van der Waals surface area contributed by atoms with Gasteiger partial charge in [0.15, 0.2) is 5.78 Å². The van der Waals surface area contributed by atoms with Gasteiger partial charge in [-0.2, -0.15) is 0 Å². The molecule has 0 aromatic heterocycles. The van der Waals surface area contributed by atoms with Gasteiger partial charge in [0.25, 0.3) is 0 Å². The second-order valence-corrected chi connectivity index (χ2v) is 4.83. The first-order chi connectivity index (χ1) is 8.56. The minimum atomic E-state index is -0.917. The average molecular weight is 247 g/mol. The van der Waals surface area contributed by atoms with E-state index < -0.39 is 5.97 Å². The number of hydrogen-bond donors (Lipinski definition) is 1. The van der Waals surface area contributed by atoms with Gasteiger partial charge in [0.2, 0.25) is 0 Å². The number of nitrogens with zero attached hydrogens (tertiary/aromatic N) is 1. The predicted octanol–water partition coefficient (Wildman–Crippen LogP) is 1.37. The number of fused-ring (bicyclic) bond motifs is 1. The Morgan fingerprint density at radius 3 is 2.67 bits per heavy atom. The maximum absolute atomic E-state index is 12.0. The number of carbonyl (C=O) groups excluding carboxylic acids is 1. The van der Waals surface area contributed by atoms with Crippen LogP contribution in [0.4, 0.5) is 0 Å². The third kappa shape index (κ3) is 2.96. The Morgan fingerprint density at radius 2 is 1.94 bits per heavy atom. The second kappa shape index (κ2) is 5.31. The minimum absolute atomic E-state index is 0.0200. The Hall–Kier alpha value is -1.68. The third-order valence-corrected chi connectivity index (χ3v) is 3.24. The van der Waals surface area contributed by atoms with E-state index in [0.29, 0.717) is 5.56 Å². The maximum Gasteiger partial charge on any atom is 0.317 e. The molecule has 18 heavy (non-hydrogen) atoms. The van der Waals surface area contributed by atoms with Crippen molar-refractivity contribution in [2.45, 2.75) is 19.3 Å². The zero-order chi connectivity index (χ0) is 13.1. The zero-order valence-electron chi connectivity index (χ0n) is 10.5. The monoisotopic (exact) mass is 247 g/mol. The van der Waals surface area contributed by atoms with Gasteiger partial charge < -0.3 is 5.11 Å². The Bertz CT molecular complexity index is 482. The fraction of sp³-hybridized carbons (Fsp3) is 0.429. The van der Waals surface area contributed by atoms with Gasteiger partial charge in [0, 0.05) is 5.56 Å². The molecule has 0 fully saturated rings. The molecule has 2 rings (SSSR count). The maximum atomic E-state index is 12.0. The second-order valence-electron chi connectivity index (χ2n) is 4.83. The van der Waals surface area contributed by atoms with Crippen molar-refractivity contribution in [2.75, 3.05) is 20.1 Å². The molecule has 0 unspecified atom stereocenters. The molecule has 4 heteroatoms. The molecule has 1 N–H and O–H groups in total. The molecule has 4 nitrogen and oxygen atoms in total. The summed E-state index contributed by atoms with van der Waals surface area (Å²) in [6, 6.07) is 5.83. The van der Waals surface area contributed by atoms with Gasteiger partial charge in [-0.15, -0.1) is 0 Å². The highest BCUT2D eigenvalue weighted by molar-refractivity contribution is 5.98. The summed E-state index contributed by atoms with van der Waals surface area (Å²) < 4.78 is 0. The van der Waals surface area contributed by atoms with Crippen LogP contribution < -0.4 is 0 Å². The van der Waals surface area contributed by atoms with E-state index in [1.54, 1.807) is 7.05 Å². The van der Waals surface area contributed by atoms with Gasteiger partial charge in [-0.1, -0.05) is 12.1 Å². The number of rotatable bonds is 5. The lowest BCUT2D eigenvalue weighted by molar-refractivity contribution is -0.137. The normalized spacial score (nSPS) is 13.7. The lowest BCUT2D eigenvalue weighted by Gasteiger charge is -2.13. The Labute approximate surface area is 106 Å². The Balaban J connectivity index is 2.03. The van der Waals surface area contributed by atoms with E-state index >= 15 is 0 Å². The first-order valence-electron chi connectivity index (χ1n) is 6.11. The van der Waals surface area contributed by atoms with E-state index in [9.17, 15) is 9.59 Å². The molecule has 1 aromatic rings. The number of carbonyl (C=O) groups is 2. The number of benzene rings is 1. The largest absolute Gasteiger partial charge is 0.480 e. The number of ketones is 1. The molecule has 0 heterocycles. The van der Waals surface area contributed by atoms with Gasteiger partial charge in [-0.3, -0.25) is 14.5 Å². The zero-order valence-corrected chi connectivity index (χ0v) is 10.5. The molecule has 0 saturated carbocycles. The van der Waals surface area contributed by atoms with Gasteiger partial charge in [-0.25, -0.2) is 0 Å². The highest BCUT2D eigenvalue weighted by Crippen LogP contribution is 2.23. The Morgan fingerprint density at radius 1 is 1.22 bits per heavy atom. The summed E-state index contributed by atoms with van der Waals surface area (Å²) in [5, 5.41) is 8.64. The van der Waals surface area contributed by atoms with Crippen LogP contribution in [0.25, 0.3) is 0 Å². The van der Waals surface area contributed by atoms with Crippen LogP contribution >= 0.6 is 0 Å². The summed E-state index contributed by atoms with van der Waals surface area (Å²) in [6.07, 6.45) is 3.30. The van der Waals surface area contributed by atoms with E-state index in [1.807, 2.05) is 18.2 Å². The lowest BCUT2D eigenvalue weighted by Crippen LogP contribution is -2.31. The van der Waals surface area contributed by atoms with E-state index in [-0.39, 0.29) is 18.9 Å². The van der Waals surface area contributed by atoms with E-state index in [4.69, 9.17) is 5.11 Å². The van der Waals surface area contributed by atoms with E-state index in [0.717, 1.165) is 19.3 Å². The van der Waals surface area contributed by atoms with Crippen molar-refractivity contribution in [3.05, 3.63) is 34.9 Å². The average Bonchev–Trinajstić information content (AvgIpc) is 2.74. The number of likely N-dealkylation sites (N-methyl/N-ethyl adjacent to an activating group) is 1. The summed E-state index contributed by atoms with van der Waals surface area (Å²) in [5.41, 5.74) is 3.29. The molecule has 0 amide bonds. The smallest absolute Gasteiger partial charge is 0.317 e. The molecule has 1 aliphatic rings. The molecule has 0 saturated heterocycles. The Kier molecular flexibility index (Phi) is 3.77. The standard InChI is InChI=1S/C14H17NO3/c1-15(9-14(17)18)8-13(16)12-6-5-10-3-2-4-11(10)7-12/h5-7H,2-4,8-9H2,1H3,(H,17,18). The van der Waals surface area contributed by atoms with Crippen molar-refractivity contribution in [3.63, 3.8) is 0 Å². The molecule has 1 aromatic carbocycles. The molecule has 0 spiro atoms. The highest BCUT2D eigenvalue weighted by Gasteiger charge is 2.15. The van der Waals surface area contributed by atoms with Crippen molar-refractivity contribution < 1.29 is 14.7 Å². The highest BCUT2D eigenvalue weighted by atomic mass is 16.4. The summed E-state index contributed by atoms with van der Waals surface area (Å²) in [4.78, 5) is 24.0. The summed E-state index contributed by atoms with van der Waals surface area (Å²) in [5.74, 6) is -0.937. The van der Waals surface area contributed by atoms with Crippen LogP contribution in [-0.2, 0) is 17.6 Å². The van der Waals surface area contributed by atoms with Gasteiger partial charge >= 0.3 is 5.97 Å². The molecular weight excluding hydrogens is 230 g/mol.